The van der Waals surface area contributed by atoms with Crippen molar-refractivity contribution in [3.63, 3.8) is 0 Å². The summed E-state index contributed by atoms with van der Waals surface area (Å²) in [6.45, 7) is 5.58. The van der Waals surface area contributed by atoms with Crippen LogP contribution in [-0.2, 0) is 0 Å². The number of nitrogens with one attached hydrogen (secondary N) is 2. The fraction of sp³-hybridized carbons (Fsp3) is 0.286. The average Bonchev–Trinajstić information content (AvgIpc) is 2.32. The fourth-order valence-corrected chi connectivity index (χ4v) is 3.40. The van der Waals surface area contributed by atoms with E-state index in [1.54, 1.807) is 6.92 Å². The van der Waals surface area contributed by atoms with Gasteiger partial charge in [-0.2, -0.15) is 0 Å². The molecular formula is C14H15Br2N3O. The molecule has 1 heterocycles. The first-order valence-corrected chi connectivity index (χ1v) is 7.76. The van der Waals surface area contributed by atoms with Crippen molar-refractivity contribution in [1.29, 1.82) is 0 Å². The van der Waals surface area contributed by atoms with Gasteiger partial charge in [-0.25, -0.2) is 4.98 Å². The molecule has 0 amide bonds. The standard InChI is InChI=1S/C14H15Br2N3O/c1-7-12(14(20)19-9(3)17-7)8(2)18-13-10(15)5-4-6-11(13)16/h4-6,8,18H,1-3H3,(H,17,19,20). The number of para-hydroxylation sites is 1. The Labute approximate surface area is 134 Å². The molecule has 20 heavy (non-hydrogen) atoms. The van der Waals surface area contributed by atoms with Gasteiger partial charge >= 0.3 is 0 Å². The van der Waals surface area contributed by atoms with Crippen LogP contribution in [0.25, 0.3) is 0 Å². The van der Waals surface area contributed by atoms with Crippen molar-refractivity contribution >= 4 is 37.5 Å². The van der Waals surface area contributed by atoms with Crippen molar-refractivity contribution in [1.82, 2.24) is 9.97 Å². The summed E-state index contributed by atoms with van der Waals surface area (Å²) in [6, 6.07) is 5.69. The predicted octanol–water partition coefficient (Wildman–Crippen LogP) is 4.08. The molecule has 0 fully saturated rings. The molecule has 4 nitrogen and oxygen atoms in total. The highest BCUT2D eigenvalue weighted by Gasteiger charge is 2.16. The summed E-state index contributed by atoms with van der Waals surface area (Å²) < 4.78 is 1.88. The molecule has 1 unspecified atom stereocenters. The van der Waals surface area contributed by atoms with E-state index in [1.807, 2.05) is 32.0 Å². The second-order valence-electron chi connectivity index (χ2n) is 4.61. The van der Waals surface area contributed by atoms with Crippen molar-refractivity contribution in [2.24, 2.45) is 0 Å². The summed E-state index contributed by atoms with van der Waals surface area (Å²) in [4.78, 5) is 19.2. The molecule has 0 bridgehead atoms. The smallest absolute Gasteiger partial charge is 0.256 e. The van der Waals surface area contributed by atoms with E-state index in [2.05, 4.69) is 47.1 Å². The Morgan fingerprint density at radius 1 is 1.25 bits per heavy atom. The molecule has 1 aromatic carbocycles. The van der Waals surface area contributed by atoms with Gasteiger partial charge < -0.3 is 10.3 Å². The number of aromatic amines is 1. The van der Waals surface area contributed by atoms with Crippen LogP contribution < -0.4 is 10.9 Å². The Hall–Kier alpha value is -1.14. The number of benzene rings is 1. The van der Waals surface area contributed by atoms with Crippen LogP contribution in [0.5, 0.6) is 0 Å². The molecule has 1 atom stereocenters. The van der Waals surface area contributed by atoms with Crippen LogP contribution in [0.2, 0.25) is 0 Å². The largest absolute Gasteiger partial charge is 0.376 e. The first-order chi connectivity index (χ1) is 9.40. The molecule has 1 aromatic heterocycles. The van der Waals surface area contributed by atoms with Crippen molar-refractivity contribution in [2.45, 2.75) is 26.8 Å². The molecule has 0 aliphatic carbocycles. The van der Waals surface area contributed by atoms with Gasteiger partial charge in [-0.1, -0.05) is 6.07 Å². The third-order valence-corrected chi connectivity index (χ3v) is 4.34. The van der Waals surface area contributed by atoms with E-state index < -0.39 is 0 Å². The topological polar surface area (TPSA) is 57.8 Å². The Morgan fingerprint density at radius 3 is 2.40 bits per heavy atom. The van der Waals surface area contributed by atoms with Crippen LogP contribution in [0.4, 0.5) is 5.69 Å². The van der Waals surface area contributed by atoms with Gasteiger partial charge in [0, 0.05) is 8.95 Å². The van der Waals surface area contributed by atoms with E-state index in [-0.39, 0.29) is 11.6 Å². The molecule has 0 radical (unpaired) electrons. The maximum Gasteiger partial charge on any atom is 0.256 e. The minimum Gasteiger partial charge on any atom is -0.376 e. The number of hydrogen-bond donors (Lipinski definition) is 2. The molecule has 0 saturated heterocycles. The third kappa shape index (κ3) is 3.12. The Morgan fingerprint density at radius 2 is 1.85 bits per heavy atom. The second kappa shape index (κ2) is 6.10. The number of aromatic nitrogens is 2. The molecule has 0 aliphatic rings. The SMILES string of the molecule is Cc1nc(C)c(C(C)Nc2c(Br)cccc2Br)c(=O)[nH]1. The molecule has 2 N–H and O–H groups in total. The van der Waals surface area contributed by atoms with Gasteiger partial charge in [-0.05, 0) is 64.8 Å². The van der Waals surface area contributed by atoms with E-state index in [4.69, 9.17) is 0 Å². The maximum atomic E-state index is 12.1. The van der Waals surface area contributed by atoms with E-state index >= 15 is 0 Å². The number of hydrogen-bond acceptors (Lipinski definition) is 3. The summed E-state index contributed by atoms with van der Waals surface area (Å²) in [6.07, 6.45) is 0. The molecule has 2 rings (SSSR count). The van der Waals surface area contributed by atoms with Crippen LogP contribution in [0.1, 0.15) is 30.0 Å². The van der Waals surface area contributed by atoms with Crippen LogP contribution in [0.3, 0.4) is 0 Å². The number of aryl methyl sites for hydroxylation is 2. The maximum absolute atomic E-state index is 12.1. The van der Waals surface area contributed by atoms with Gasteiger partial charge in [0.2, 0.25) is 0 Å². The Bertz CT molecular complexity index is 677. The molecular weight excluding hydrogens is 386 g/mol. The normalized spacial score (nSPS) is 12.2. The van der Waals surface area contributed by atoms with Crippen LogP contribution in [-0.4, -0.2) is 9.97 Å². The summed E-state index contributed by atoms with van der Waals surface area (Å²) in [5, 5.41) is 3.34. The fourth-order valence-electron chi connectivity index (χ4n) is 2.17. The number of H-pyrrole nitrogens is 1. The zero-order valence-electron chi connectivity index (χ0n) is 11.4. The van der Waals surface area contributed by atoms with Crippen LogP contribution in [0.15, 0.2) is 31.9 Å². The van der Waals surface area contributed by atoms with E-state index in [9.17, 15) is 4.79 Å². The Kier molecular flexibility index (Phi) is 4.65. The van der Waals surface area contributed by atoms with Crippen molar-refractivity contribution < 1.29 is 0 Å². The second-order valence-corrected chi connectivity index (χ2v) is 6.32. The number of nitrogens with zero attached hydrogens (tertiary/aromatic N) is 1. The molecule has 6 heteroatoms. The third-order valence-electron chi connectivity index (χ3n) is 3.02. The summed E-state index contributed by atoms with van der Waals surface area (Å²) in [5.41, 5.74) is 2.21. The summed E-state index contributed by atoms with van der Waals surface area (Å²) in [5.74, 6) is 0.630. The van der Waals surface area contributed by atoms with Crippen molar-refractivity contribution in [3.05, 3.63) is 54.6 Å². The zero-order chi connectivity index (χ0) is 14.9. The highest BCUT2D eigenvalue weighted by Crippen LogP contribution is 2.33. The summed E-state index contributed by atoms with van der Waals surface area (Å²) in [7, 11) is 0. The van der Waals surface area contributed by atoms with Gasteiger partial charge in [0.1, 0.15) is 5.82 Å². The van der Waals surface area contributed by atoms with Gasteiger partial charge in [0.05, 0.1) is 23.0 Å². The molecule has 0 saturated carbocycles. The molecule has 2 aromatic rings. The highest BCUT2D eigenvalue weighted by atomic mass is 79.9. The van der Waals surface area contributed by atoms with Gasteiger partial charge in [-0.3, -0.25) is 4.79 Å². The summed E-state index contributed by atoms with van der Waals surface area (Å²) >= 11 is 7.01. The van der Waals surface area contributed by atoms with Crippen LogP contribution in [0, 0.1) is 13.8 Å². The zero-order valence-corrected chi connectivity index (χ0v) is 14.6. The van der Waals surface area contributed by atoms with Gasteiger partial charge in [0.25, 0.3) is 5.56 Å². The lowest BCUT2D eigenvalue weighted by molar-refractivity contribution is 0.812. The number of anilines is 1. The van der Waals surface area contributed by atoms with Crippen molar-refractivity contribution in [3.8, 4) is 0 Å². The van der Waals surface area contributed by atoms with E-state index in [0.717, 1.165) is 20.3 Å². The minimum absolute atomic E-state index is 0.0989. The van der Waals surface area contributed by atoms with Gasteiger partial charge in [0.15, 0.2) is 0 Å². The molecule has 0 spiro atoms. The lowest BCUT2D eigenvalue weighted by Gasteiger charge is -2.18. The average molecular weight is 401 g/mol. The Balaban J connectivity index is 2.39. The van der Waals surface area contributed by atoms with Gasteiger partial charge in [-0.15, -0.1) is 0 Å². The monoisotopic (exact) mass is 399 g/mol. The first kappa shape index (κ1) is 15.3. The lowest BCUT2D eigenvalue weighted by atomic mass is 10.1. The molecule has 106 valence electrons. The predicted molar refractivity (Wildman–Crippen MR) is 88.2 cm³/mol. The van der Waals surface area contributed by atoms with E-state index in [0.29, 0.717) is 11.4 Å². The number of halogens is 2. The number of rotatable bonds is 3. The minimum atomic E-state index is -0.151. The van der Waals surface area contributed by atoms with Crippen LogP contribution >= 0.6 is 31.9 Å². The highest BCUT2D eigenvalue weighted by molar-refractivity contribution is 9.11. The lowest BCUT2D eigenvalue weighted by Crippen LogP contribution is -2.23. The first-order valence-electron chi connectivity index (χ1n) is 6.18. The quantitative estimate of drug-likeness (QED) is 0.815. The van der Waals surface area contributed by atoms with E-state index in [1.165, 1.54) is 0 Å². The molecule has 0 aliphatic heterocycles. The van der Waals surface area contributed by atoms with Crippen molar-refractivity contribution in [2.75, 3.05) is 5.32 Å².